The maximum absolute atomic E-state index is 10.9. The van der Waals surface area contributed by atoms with Gasteiger partial charge in [-0.3, -0.25) is 0 Å². The smallest absolute Gasteiger partial charge is 0.333 e. The largest absolute Gasteiger partial charge is 0.429 e. The summed E-state index contributed by atoms with van der Waals surface area (Å²) in [7, 11) is 0. The molecule has 132 valence electrons. The van der Waals surface area contributed by atoms with Gasteiger partial charge < -0.3 is 9.84 Å². The van der Waals surface area contributed by atoms with Crippen LogP contribution >= 0.6 is 0 Å². The van der Waals surface area contributed by atoms with E-state index >= 15 is 0 Å². The number of esters is 1. The van der Waals surface area contributed by atoms with Gasteiger partial charge in [0.15, 0.2) is 0 Å². The van der Waals surface area contributed by atoms with Crippen LogP contribution in [-0.4, -0.2) is 17.4 Å². The molecular weight excluding hydrogens is 288 g/mol. The SMILES string of the molecule is CCCCCCCC/C=C/CCCCCCC1=CC(=O)OC1O. The molecule has 0 aromatic carbocycles. The minimum Gasteiger partial charge on any atom is -0.429 e. The van der Waals surface area contributed by atoms with Crippen LogP contribution in [0.15, 0.2) is 23.8 Å². The van der Waals surface area contributed by atoms with Crippen molar-refractivity contribution in [2.24, 2.45) is 0 Å². The highest BCUT2D eigenvalue weighted by atomic mass is 16.6. The molecule has 0 radical (unpaired) electrons. The minimum atomic E-state index is -0.993. The Morgan fingerprint density at radius 2 is 1.52 bits per heavy atom. The molecule has 0 saturated heterocycles. The molecule has 0 amide bonds. The third-order valence-electron chi connectivity index (χ3n) is 4.33. The van der Waals surface area contributed by atoms with Crippen molar-refractivity contribution in [3.63, 3.8) is 0 Å². The zero-order chi connectivity index (χ0) is 16.8. The molecule has 1 rings (SSSR count). The number of cyclic esters (lactones) is 1. The van der Waals surface area contributed by atoms with Crippen molar-refractivity contribution in [3.05, 3.63) is 23.8 Å². The van der Waals surface area contributed by atoms with Crippen molar-refractivity contribution in [3.8, 4) is 0 Å². The van der Waals surface area contributed by atoms with Gasteiger partial charge in [-0.05, 0) is 38.5 Å². The molecule has 0 fully saturated rings. The molecule has 0 aromatic heterocycles. The van der Waals surface area contributed by atoms with Crippen LogP contribution in [0.1, 0.15) is 90.4 Å². The lowest BCUT2D eigenvalue weighted by atomic mass is 10.1. The molecule has 0 bridgehead atoms. The number of rotatable bonds is 14. The second-order valence-electron chi connectivity index (χ2n) is 6.49. The Bertz CT molecular complexity index is 371. The van der Waals surface area contributed by atoms with E-state index in [0.717, 1.165) is 24.8 Å². The van der Waals surface area contributed by atoms with Gasteiger partial charge in [-0.25, -0.2) is 4.79 Å². The molecular formula is C20H34O3. The number of hydrogen-bond donors (Lipinski definition) is 1. The van der Waals surface area contributed by atoms with Crippen LogP contribution in [0.5, 0.6) is 0 Å². The van der Waals surface area contributed by atoms with Gasteiger partial charge in [-0.1, -0.05) is 64.0 Å². The highest BCUT2D eigenvalue weighted by Gasteiger charge is 2.22. The monoisotopic (exact) mass is 322 g/mol. The molecule has 1 unspecified atom stereocenters. The number of unbranched alkanes of at least 4 members (excludes halogenated alkanes) is 10. The molecule has 3 heteroatoms. The van der Waals surface area contributed by atoms with Crippen LogP contribution in [-0.2, 0) is 9.53 Å². The summed E-state index contributed by atoms with van der Waals surface area (Å²) in [6.07, 6.45) is 21.0. The summed E-state index contributed by atoms with van der Waals surface area (Å²) < 4.78 is 4.66. The summed E-state index contributed by atoms with van der Waals surface area (Å²) in [5, 5.41) is 9.44. The van der Waals surface area contributed by atoms with Crippen LogP contribution in [0.2, 0.25) is 0 Å². The summed E-state index contributed by atoms with van der Waals surface area (Å²) in [5.74, 6) is -0.414. The van der Waals surface area contributed by atoms with Gasteiger partial charge in [-0.15, -0.1) is 0 Å². The van der Waals surface area contributed by atoms with E-state index in [1.807, 2.05) is 0 Å². The molecule has 0 aliphatic carbocycles. The maximum atomic E-state index is 10.9. The summed E-state index contributed by atoms with van der Waals surface area (Å²) in [6.45, 7) is 2.26. The zero-order valence-electron chi connectivity index (χ0n) is 14.8. The van der Waals surface area contributed by atoms with Gasteiger partial charge >= 0.3 is 5.97 Å². The summed E-state index contributed by atoms with van der Waals surface area (Å²) >= 11 is 0. The van der Waals surface area contributed by atoms with Gasteiger partial charge in [0.05, 0.1) is 0 Å². The fourth-order valence-corrected chi connectivity index (χ4v) is 2.86. The molecule has 1 aliphatic rings. The number of aliphatic hydroxyl groups is 1. The van der Waals surface area contributed by atoms with Crippen LogP contribution in [0, 0.1) is 0 Å². The molecule has 1 N–H and O–H groups in total. The van der Waals surface area contributed by atoms with E-state index in [2.05, 4.69) is 23.8 Å². The topological polar surface area (TPSA) is 46.5 Å². The maximum Gasteiger partial charge on any atom is 0.333 e. The average Bonchev–Trinajstić information content (AvgIpc) is 2.85. The highest BCUT2D eigenvalue weighted by Crippen LogP contribution is 2.20. The first-order chi connectivity index (χ1) is 11.2. The average molecular weight is 322 g/mol. The number of ether oxygens (including phenoxy) is 1. The minimum absolute atomic E-state index is 0.414. The quantitative estimate of drug-likeness (QED) is 0.263. The second kappa shape index (κ2) is 13.4. The number of hydrogen-bond acceptors (Lipinski definition) is 3. The fraction of sp³-hybridized carbons (Fsp3) is 0.750. The summed E-state index contributed by atoms with van der Waals surface area (Å²) in [4.78, 5) is 10.9. The molecule has 1 atom stereocenters. The van der Waals surface area contributed by atoms with E-state index in [1.165, 1.54) is 70.3 Å². The van der Waals surface area contributed by atoms with Gasteiger partial charge in [0.25, 0.3) is 0 Å². The van der Waals surface area contributed by atoms with Gasteiger partial charge in [0.2, 0.25) is 6.29 Å². The normalized spacial score (nSPS) is 17.7. The standard InChI is InChI=1S/C20H34O3/c1-2-3-4-5-6-7-8-9-10-11-12-13-14-15-16-18-17-19(21)23-20(18)22/h9-10,17,20,22H,2-8,11-16H2,1H3/b10-9+. The first-order valence-corrected chi connectivity index (χ1v) is 9.48. The van der Waals surface area contributed by atoms with Crippen LogP contribution in [0.3, 0.4) is 0 Å². The molecule has 3 nitrogen and oxygen atoms in total. The van der Waals surface area contributed by atoms with Gasteiger partial charge in [0.1, 0.15) is 0 Å². The van der Waals surface area contributed by atoms with Crippen LogP contribution in [0.25, 0.3) is 0 Å². The van der Waals surface area contributed by atoms with Gasteiger partial charge in [-0.2, -0.15) is 0 Å². The fourth-order valence-electron chi connectivity index (χ4n) is 2.86. The summed E-state index contributed by atoms with van der Waals surface area (Å²) in [6, 6.07) is 0. The zero-order valence-corrected chi connectivity index (χ0v) is 14.8. The molecule has 1 aliphatic heterocycles. The molecule has 0 saturated carbocycles. The van der Waals surface area contributed by atoms with E-state index in [9.17, 15) is 9.90 Å². The van der Waals surface area contributed by atoms with Crippen molar-refractivity contribution in [2.75, 3.05) is 0 Å². The van der Waals surface area contributed by atoms with Crippen LogP contribution < -0.4 is 0 Å². The van der Waals surface area contributed by atoms with E-state index < -0.39 is 12.3 Å². The van der Waals surface area contributed by atoms with E-state index in [-0.39, 0.29) is 0 Å². The number of carbonyl (C=O) groups is 1. The van der Waals surface area contributed by atoms with Crippen molar-refractivity contribution in [1.29, 1.82) is 0 Å². The van der Waals surface area contributed by atoms with Crippen molar-refractivity contribution in [1.82, 2.24) is 0 Å². The van der Waals surface area contributed by atoms with E-state index in [4.69, 9.17) is 0 Å². The lowest BCUT2D eigenvalue weighted by Gasteiger charge is -2.06. The van der Waals surface area contributed by atoms with Crippen molar-refractivity contribution in [2.45, 2.75) is 96.7 Å². The predicted octanol–water partition coefficient (Wildman–Crippen LogP) is 5.44. The Morgan fingerprint density at radius 3 is 2.09 bits per heavy atom. The second-order valence-corrected chi connectivity index (χ2v) is 6.49. The predicted molar refractivity (Wildman–Crippen MR) is 95.0 cm³/mol. The number of carbonyl (C=O) groups excluding carboxylic acids is 1. The molecule has 0 spiro atoms. The number of allylic oxidation sites excluding steroid dienone is 2. The Morgan fingerprint density at radius 1 is 0.957 bits per heavy atom. The Balaban J connectivity index is 1.83. The van der Waals surface area contributed by atoms with Crippen molar-refractivity contribution < 1.29 is 14.6 Å². The number of aliphatic hydroxyl groups excluding tert-OH is 1. The van der Waals surface area contributed by atoms with E-state index in [0.29, 0.717) is 0 Å². The molecule has 1 heterocycles. The van der Waals surface area contributed by atoms with Crippen LogP contribution in [0.4, 0.5) is 0 Å². The molecule has 0 aromatic rings. The first-order valence-electron chi connectivity index (χ1n) is 9.48. The Labute approximate surface area is 141 Å². The lowest BCUT2D eigenvalue weighted by molar-refractivity contribution is -0.151. The Kier molecular flexibility index (Phi) is 11.6. The first kappa shape index (κ1) is 20.0. The summed E-state index contributed by atoms with van der Waals surface area (Å²) in [5.41, 5.74) is 0.730. The van der Waals surface area contributed by atoms with E-state index in [1.54, 1.807) is 0 Å². The third kappa shape index (κ3) is 10.3. The third-order valence-corrected chi connectivity index (χ3v) is 4.33. The highest BCUT2D eigenvalue weighted by molar-refractivity contribution is 5.85. The Hall–Kier alpha value is -1.09. The van der Waals surface area contributed by atoms with Gasteiger partial charge in [0, 0.05) is 11.6 Å². The van der Waals surface area contributed by atoms with Crippen molar-refractivity contribution >= 4 is 5.97 Å². The lowest BCUT2D eigenvalue weighted by Crippen LogP contribution is -2.09. The molecule has 23 heavy (non-hydrogen) atoms.